The van der Waals surface area contributed by atoms with E-state index in [1.54, 1.807) is 12.1 Å². The zero-order valence-corrected chi connectivity index (χ0v) is 14.3. The van der Waals surface area contributed by atoms with Crippen LogP contribution in [0.2, 0.25) is 0 Å². The van der Waals surface area contributed by atoms with Crippen molar-refractivity contribution in [3.63, 3.8) is 0 Å². The van der Waals surface area contributed by atoms with E-state index in [2.05, 4.69) is 36.0 Å². The minimum absolute atomic E-state index is 0.557. The fraction of sp³-hybridized carbons (Fsp3) is 0.571. The molecule has 120 valence electrons. The lowest BCUT2D eigenvalue weighted by Crippen LogP contribution is -2.21. The number of rotatable bonds is 4. The van der Waals surface area contributed by atoms with Crippen LogP contribution in [0.3, 0.4) is 0 Å². The highest BCUT2D eigenvalue weighted by Gasteiger charge is 1.98. The van der Waals surface area contributed by atoms with E-state index in [1.165, 1.54) is 19.6 Å². The summed E-state index contributed by atoms with van der Waals surface area (Å²) in [4.78, 5) is 3.13. The van der Waals surface area contributed by atoms with Crippen molar-refractivity contribution in [2.45, 2.75) is 20.8 Å². The first-order valence-electron chi connectivity index (χ1n) is 6.98. The molecule has 21 heavy (non-hydrogen) atoms. The molecule has 0 amide bonds. The molecular weight excluding hydrogens is 311 g/mol. The molecule has 2 aromatic rings. The highest BCUT2D eigenvalue weighted by molar-refractivity contribution is 6.25. The topological polar surface area (TPSA) is 54.2 Å². The summed E-state index contributed by atoms with van der Waals surface area (Å²) in [5, 5.41) is 16.1. The van der Waals surface area contributed by atoms with Gasteiger partial charge in [0.2, 0.25) is 0 Å². The number of benzene rings is 1. The van der Waals surface area contributed by atoms with Crippen molar-refractivity contribution >= 4 is 34.2 Å². The van der Waals surface area contributed by atoms with Gasteiger partial charge in [0.05, 0.1) is 0 Å². The van der Waals surface area contributed by atoms with Crippen LogP contribution in [0.25, 0.3) is 11.0 Å². The Labute approximate surface area is 136 Å². The van der Waals surface area contributed by atoms with E-state index in [1.807, 2.05) is 12.1 Å². The van der Waals surface area contributed by atoms with Crippen LogP contribution in [0, 0.1) is 0 Å². The van der Waals surface area contributed by atoms with Gasteiger partial charge in [0.15, 0.2) is 0 Å². The van der Waals surface area contributed by atoms with Gasteiger partial charge < -0.3 is 10.1 Å². The molecule has 0 unspecified atom stereocenters. The number of alkyl halides is 2. The van der Waals surface area contributed by atoms with Crippen molar-refractivity contribution < 1.29 is 5.21 Å². The summed E-state index contributed by atoms with van der Waals surface area (Å²) in [6.45, 7) is 10.1. The largest absolute Gasteiger partial charge is 0.410 e. The predicted octanol–water partition coefficient (Wildman–Crippen LogP) is 3.48. The number of halogens is 2. The van der Waals surface area contributed by atoms with Gasteiger partial charge in [-0.1, -0.05) is 37.7 Å². The van der Waals surface area contributed by atoms with Gasteiger partial charge in [-0.3, -0.25) is 0 Å². The van der Waals surface area contributed by atoms with E-state index in [4.69, 9.17) is 28.4 Å². The summed E-state index contributed by atoms with van der Waals surface area (Å²) in [5.41, 5.74) is 1.33. The van der Waals surface area contributed by atoms with Crippen molar-refractivity contribution in [1.29, 1.82) is 0 Å². The summed E-state index contributed by atoms with van der Waals surface area (Å²) in [6, 6.07) is 7.19. The second kappa shape index (κ2) is 12.7. The van der Waals surface area contributed by atoms with E-state index in [9.17, 15) is 0 Å². The lowest BCUT2D eigenvalue weighted by atomic mass is 10.3. The standard InChI is InChI=1S/C6H5N3O.C6H15N.C2H4Cl2/c10-9-6-4-2-1-3-5(6)7-8-9;1-4-7(5-2)6-3;3-1-2-4/h1-4,10H;4-6H2,1-3H3;1-2H2. The van der Waals surface area contributed by atoms with Crippen molar-refractivity contribution in [3.8, 4) is 0 Å². The Morgan fingerprint density at radius 3 is 1.95 bits per heavy atom. The Morgan fingerprint density at radius 1 is 1.05 bits per heavy atom. The fourth-order valence-corrected chi connectivity index (χ4v) is 1.53. The van der Waals surface area contributed by atoms with Crippen LogP contribution >= 0.6 is 23.2 Å². The van der Waals surface area contributed by atoms with Crippen LogP contribution in [0.4, 0.5) is 0 Å². The molecule has 0 saturated carbocycles. The lowest BCUT2D eigenvalue weighted by Gasteiger charge is -2.13. The molecule has 0 atom stereocenters. The lowest BCUT2D eigenvalue weighted by molar-refractivity contribution is 0.155. The zero-order chi connectivity index (χ0) is 16.1. The van der Waals surface area contributed by atoms with Gasteiger partial charge in [0.25, 0.3) is 0 Å². The van der Waals surface area contributed by atoms with Crippen molar-refractivity contribution in [2.75, 3.05) is 31.4 Å². The maximum Gasteiger partial charge on any atom is 0.130 e. The molecule has 5 nitrogen and oxygen atoms in total. The molecular formula is C14H24Cl2N4O. The van der Waals surface area contributed by atoms with E-state index < -0.39 is 0 Å². The molecule has 0 saturated heterocycles. The van der Waals surface area contributed by atoms with Gasteiger partial charge >= 0.3 is 0 Å². The van der Waals surface area contributed by atoms with Crippen LogP contribution in [0.5, 0.6) is 0 Å². The molecule has 1 heterocycles. The Hall–Kier alpha value is -1.04. The van der Waals surface area contributed by atoms with Crippen molar-refractivity contribution in [1.82, 2.24) is 20.1 Å². The molecule has 2 rings (SSSR count). The first kappa shape index (κ1) is 20.0. The Bertz CT molecular complexity index is 467. The molecule has 0 radical (unpaired) electrons. The molecule has 0 bridgehead atoms. The number of fused-ring (bicyclic) bond motifs is 1. The Morgan fingerprint density at radius 2 is 1.57 bits per heavy atom. The highest BCUT2D eigenvalue weighted by Crippen LogP contribution is 2.06. The number of aromatic nitrogens is 3. The molecule has 1 aromatic carbocycles. The summed E-state index contributed by atoms with van der Waals surface area (Å²) in [7, 11) is 0. The molecule has 0 aliphatic carbocycles. The molecule has 1 N–H and O–H groups in total. The summed E-state index contributed by atoms with van der Waals surface area (Å²) >= 11 is 10.1. The van der Waals surface area contributed by atoms with Gasteiger partial charge in [-0.05, 0) is 37.0 Å². The normalized spacial score (nSPS) is 9.81. The average molecular weight is 335 g/mol. The van der Waals surface area contributed by atoms with Gasteiger partial charge in [0, 0.05) is 11.8 Å². The first-order valence-corrected chi connectivity index (χ1v) is 8.05. The zero-order valence-electron chi connectivity index (χ0n) is 12.8. The minimum Gasteiger partial charge on any atom is -0.410 e. The quantitative estimate of drug-likeness (QED) is 0.686. The molecule has 0 fully saturated rings. The number of nitrogens with zero attached hydrogens (tertiary/aromatic N) is 4. The van der Waals surface area contributed by atoms with Crippen LogP contribution in [0.1, 0.15) is 20.8 Å². The third kappa shape index (κ3) is 8.09. The van der Waals surface area contributed by atoms with E-state index in [0.29, 0.717) is 22.8 Å². The average Bonchev–Trinajstić information content (AvgIpc) is 2.92. The highest BCUT2D eigenvalue weighted by atomic mass is 35.5. The van der Waals surface area contributed by atoms with Gasteiger partial charge in [-0.2, -0.15) is 0 Å². The van der Waals surface area contributed by atoms with Crippen molar-refractivity contribution in [3.05, 3.63) is 24.3 Å². The van der Waals surface area contributed by atoms with Crippen LogP contribution in [0.15, 0.2) is 24.3 Å². The van der Waals surface area contributed by atoms with Gasteiger partial charge in [0.1, 0.15) is 11.0 Å². The molecule has 7 heteroatoms. The first-order chi connectivity index (χ1) is 10.1. The SMILES string of the molecule is CCN(CC)CC.ClCCCl.On1nnc2ccccc21. The number of hydrogen-bond acceptors (Lipinski definition) is 4. The van der Waals surface area contributed by atoms with Crippen LogP contribution in [-0.2, 0) is 0 Å². The fourth-order valence-electron chi connectivity index (χ4n) is 1.53. The number of para-hydroxylation sites is 1. The predicted molar refractivity (Wildman–Crippen MR) is 89.6 cm³/mol. The third-order valence-corrected chi connectivity index (χ3v) is 3.32. The van der Waals surface area contributed by atoms with Crippen LogP contribution in [-0.4, -0.2) is 56.7 Å². The maximum atomic E-state index is 8.95. The van der Waals surface area contributed by atoms with Gasteiger partial charge in [-0.25, -0.2) is 0 Å². The molecule has 0 aliphatic rings. The monoisotopic (exact) mass is 334 g/mol. The molecule has 1 aromatic heterocycles. The summed E-state index contributed by atoms with van der Waals surface area (Å²) in [5.74, 6) is 1.11. The minimum atomic E-state index is 0.557. The van der Waals surface area contributed by atoms with E-state index in [0.717, 1.165) is 4.85 Å². The third-order valence-electron chi connectivity index (χ3n) is 2.75. The summed E-state index contributed by atoms with van der Waals surface area (Å²) in [6.07, 6.45) is 0. The second-order valence-corrected chi connectivity index (χ2v) is 4.72. The van der Waals surface area contributed by atoms with E-state index in [-0.39, 0.29) is 0 Å². The van der Waals surface area contributed by atoms with E-state index >= 15 is 0 Å². The van der Waals surface area contributed by atoms with Crippen LogP contribution < -0.4 is 0 Å². The van der Waals surface area contributed by atoms with Crippen molar-refractivity contribution in [2.24, 2.45) is 0 Å². The Kier molecular flexibility index (Phi) is 12.1. The number of hydrogen-bond donors (Lipinski definition) is 1. The second-order valence-electron chi connectivity index (χ2n) is 3.97. The smallest absolute Gasteiger partial charge is 0.130 e. The maximum absolute atomic E-state index is 8.95. The van der Waals surface area contributed by atoms with Gasteiger partial charge in [-0.15, -0.1) is 28.3 Å². The molecule has 0 aliphatic heterocycles. The molecule has 0 spiro atoms. The summed E-state index contributed by atoms with van der Waals surface area (Å²) < 4.78 is 0. The Balaban J connectivity index is 0.000000321.